The normalized spacial score (nSPS) is 12.7. The largest absolute Gasteiger partial charge is 0.324 e. The zero-order chi connectivity index (χ0) is 15.6. The Morgan fingerprint density at radius 3 is 2.57 bits per heavy atom. The van der Waals surface area contributed by atoms with Crippen LogP contribution in [-0.4, -0.2) is 9.78 Å². The number of halogens is 2. The fraction of sp³-hybridized carbons (Fsp3) is 0.438. The minimum absolute atomic E-state index is 0.0528. The van der Waals surface area contributed by atoms with Gasteiger partial charge in [0.05, 0.1) is 15.9 Å². The highest BCUT2D eigenvalue weighted by Gasteiger charge is 2.18. The smallest absolute Gasteiger partial charge is 0.0766 e. The summed E-state index contributed by atoms with van der Waals surface area (Å²) in [5.74, 6) is 0. The van der Waals surface area contributed by atoms with Crippen LogP contribution >= 0.6 is 31.9 Å². The van der Waals surface area contributed by atoms with Crippen molar-refractivity contribution in [1.29, 1.82) is 0 Å². The number of nitrogens with zero attached hydrogens (tertiary/aromatic N) is 2. The molecule has 1 aromatic carbocycles. The third-order valence-electron chi connectivity index (χ3n) is 3.66. The molecule has 0 spiro atoms. The maximum atomic E-state index is 6.43. The first-order valence-corrected chi connectivity index (χ1v) is 8.82. The van der Waals surface area contributed by atoms with Crippen molar-refractivity contribution in [2.75, 3.05) is 0 Å². The zero-order valence-corrected chi connectivity index (χ0v) is 15.8. The van der Waals surface area contributed by atoms with Crippen molar-refractivity contribution in [2.45, 2.75) is 46.2 Å². The monoisotopic (exact) mass is 413 g/mol. The van der Waals surface area contributed by atoms with Gasteiger partial charge in [0.1, 0.15) is 0 Å². The number of aryl methyl sites for hydroxylation is 3. The number of hydrogen-bond acceptors (Lipinski definition) is 2. The first-order chi connectivity index (χ1) is 9.97. The molecule has 1 unspecified atom stereocenters. The van der Waals surface area contributed by atoms with Gasteiger partial charge in [0.25, 0.3) is 0 Å². The van der Waals surface area contributed by atoms with Crippen molar-refractivity contribution < 1.29 is 0 Å². The Morgan fingerprint density at radius 2 is 2.00 bits per heavy atom. The van der Waals surface area contributed by atoms with E-state index in [0.29, 0.717) is 0 Å². The van der Waals surface area contributed by atoms with Crippen molar-refractivity contribution in [3.8, 4) is 0 Å². The summed E-state index contributed by atoms with van der Waals surface area (Å²) in [6.45, 7) is 7.16. The number of hydrogen-bond donors (Lipinski definition) is 1. The summed E-state index contributed by atoms with van der Waals surface area (Å²) in [5.41, 5.74) is 11.1. The summed E-state index contributed by atoms with van der Waals surface area (Å²) in [6, 6.07) is 6.26. The molecule has 1 heterocycles. The second-order valence-electron chi connectivity index (χ2n) is 5.21. The van der Waals surface area contributed by atoms with E-state index in [2.05, 4.69) is 75.9 Å². The highest BCUT2D eigenvalue weighted by Crippen LogP contribution is 2.29. The van der Waals surface area contributed by atoms with Gasteiger partial charge in [0.2, 0.25) is 0 Å². The maximum Gasteiger partial charge on any atom is 0.0766 e. The van der Waals surface area contributed by atoms with Crippen LogP contribution in [0.3, 0.4) is 0 Å². The Labute approximate surface area is 143 Å². The van der Waals surface area contributed by atoms with Crippen LogP contribution in [0.2, 0.25) is 0 Å². The van der Waals surface area contributed by atoms with Crippen LogP contribution in [0.1, 0.15) is 42.4 Å². The Bertz CT molecular complexity index is 635. The summed E-state index contributed by atoms with van der Waals surface area (Å²) < 4.78 is 4.22. The van der Waals surface area contributed by atoms with Gasteiger partial charge < -0.3 is 5.73 Å². The summed E-state index contributed by atoms with van der Waals surface area (Å²) in [5, 5.41) is 4.63. The van der Waals surface area contributed by atoms with E-state index in [-0.39, 0.29) is 6.04 Å². The van der Waals surface area contributed by atoms with Gasteiger partial charge in [-0.05, 0) is 53.4 Å². The molecule has 2 aromatic rings. The first kappa shape index (κ1) is 16.7. The van der Waals surface area contributed by atoms with Gasteiger partial charge in [-0.3, -0.25) is 4.68 Å². The van der Waals surface area contributed by atoms with Gasteiger partial charge >= 0.3 is 0 Å². The molecule has 3 nitrogen and oxygen atoms in total. The molecule has 5 heteroatoms. The van der Waals surface area contributed by atoms with Gasteiger partial charge in [-0.1, -0.05) is 35.0 Å². The molecule has 0 amide bonds. The van der Waals surface area contributed by atoms with E-state index in [4.69, 9.17) is 5.73 Å². The average molecular weight is 415 g/mol. The standard InChI is InChI=1S/C16H21Br2N3/c1-4-14-16(18)15(21(5-2)20-14)9-13(19)11-7-6-10(3)8-12(11)17/h6-8,13H,4-5,9,19H2,1-3H3. The fourth-order valence-corrected chi connectivity index (χ4v) is 3.98. The van der Waals surface area contributed by atoms with Gasteiger partial charge in [-0.2, -0.15) is 5.10 Å². The minimum Gasteiger partial charge on any atom is -0.324 e. The predicted molar refractivity (Wildman–Crippen MR) is 94.5 cm³/mol. The van der Waals surface area contributed by atoms with Gasteiger partial charge in [-0.25, -0.2) is 0 Å². The van der Waals surface area contributed by atoms with Crippen LogP contribution < -0.4 is 5.73 Å². The summed E-state index contributed by atoms with van der Waals surface area (Å²) >= 11 is 7.30. The highest BCUT2D eigenvalue weighted by molar-refractivity contribution is 9.10. The average Bonchev–Trinajstić information content (AvgIpc) is 2.75. The van der Waals surface area contributed by atoms with E-state index in [9.17, 15) is 0 Å². The number of nitrogens with two attached hydrogens (primary N) is 1. The molecular formula is C16H21Br2N3. The van der Waals surface area contributed by atoms with E-state index in [0.717, 1.165) is 39.6 Å². The van der Waals surface area contributed by atoms with Crippen molar-refractivity contribution in [1.82, 2.24) is 9.78 Å². The molecule has 0 aliphatic rings. The molecule has 0 saturated heterocycles. The first-order valence-electron chi connectivity index (χ1n) is 7.23. The van der Waals surface area contributed by atoms with Crippen LogP contribution in [0.15, 0.2) is 27.1 Å². The number of rotatable bonds is 5. The number of benzene rings is 1. The van der Waals surface area contributed by atoms with E-state index in [1.807, 2.05) is 4.68 Å². The molecule has 2 rings (SSSR count). The van der Waals surface area contributed by atoms with Crippen molar-refractivity contribution in [3.63, 3.8) is 0 Å². The molecule has 0 saturated carbocycles. The lowest BCUT2D eigenvalue weighted by molar-refractivity contribution is 0.584. The van der Waals surface area contributed by atoms with Crippen LogP contribution in [-0.2, 0) is 19.4 Å². The van der Waals surface area contributed by atoms with Crippen LogP contribution in [0.4, 0.5) is 0 Å². The lowest BCUT2D eigenvalue weighted by Crippen LogP contribution is -2.17. The second kappa shape index (κ2) is 7.07. The van der Waals surface area contributed by atoms with Gasteiger partial charge in [0.15, 0.2) is 0 Å². The molecule has 21 heavy (non-hydrogen) atoms. The summed E-state index contributed by atoms with van der Waals surface area (Å²) in [6.07, 6.45) is 1.69. The Kier molecular flexibility index (Phi) is 5.63. The predicted octanol–water partition coefficient (Wildman–Crippen LogP) is 4.54. The molecule has 0 bridgehead atoms. The SMILES string of the molecule is CCc1nn(CC)c(CC(N)c2ccc(C)cc2Br)c1Br. The molecule has 1 aromatic heterocycles. The minimum atomic E-state index is -0.0528. The molecule has 0 aliphatic carbocycles. The molecule has 1 atom stereocenters. The van der Waals surface area contributed by atoms with Gasteiger partial charge in [0, 0.05) is 23.5 Å². The van der Waals surface area contributed by atoms with Crippen LogP contribution in [0, 0.1) is 6.92 Å². The van der Waals surface area contributed by atoms with E-state index in [1.165, 1.54) is 11.3 Å². The Morgan fingerprint density at radius 1 is 1.29 bits per heavy atom. The summed E-state index contributed by atoms with van der Waals surface area (Å²) in [4.78, 5) is 0. The maximum absolute atomic E-state index is 6.43. The van der Waals surface area contributed by atoms with Crippen molar-refractivity contribution in [3.05, 3.63) is 49.7 Å². The molecule has 0 radical (unpaired) electrons. The van der Waals surface area contributed by atoms with Crippen LogP contribution in [0.25, 0.3) is 0 Å². The second-order valence-corrected chi connectivity index (χ2v) is 6.86. The molecular weight excluding hydrogens is 394 g/mol. The zero-order valence-electron chi connectivity index (χ0n) is 12.7. The Hall–Kier alpha value is -0.650. The van der Waals surface area contributed by atoms with Gasteiger partial charge in [-0.15, -0.1) is 0 Å². The lowest BCUT2D eigenvalue weighted by atomic mass is 10.0. The summed E-state index contributed by atoms with van der Waals surface area (Å²) in [7, 11) is 0. The molecule has 114 valence electrons. The number of aromatic nitrogens is 2. The topological polar surface area (TPSA) is 43.8 Å². The van der Waals surface area contributed by atoms with E-state index < -0.39 is 0 Å². The van der Waals surface area contributed by atoms with E-state index in [1.54, 1.807) is 0 Å². The highest BCUT2D eigenvalue weighted by atomic mass is 79.9. The molecule has 0 fully saturated rings. The quantitative estimate of drug-likeness (QED) is 0.780. The van der Waals surface area contributed by atoms with Crippen molar-refractivity contribution >= 4 is 31.9 Å². The third kappa shape index (κ3) is 3.58. The fourth-order valence-electron chi connectivity index (χ4n) is 2.46. The molecule has 0 aliphatic heterocycles. The Balaban J connectivity index is 2.31. The molecule has 2 N–H and O–H groups in total. The third-order valence-corrected chi connectivity index (χ3v) is 5.26. The van der Waals surface area contributed by atoms with E-state index >= 15 is 0 Å². The van der Waals surface area contributed by atoms with Crippen molar-refractivity contribution in [2.24, 2.45) is 5.73 Å². The van der Waals surface area contributed by atoms with Crippen LogP contribution in [0.5, 0.6) is 0 Å². The lowest BCUT2D eigenvalue weighted by Gasteiger charge is -2.15.